The van der Waals surface area contributed by atoms with Crippen LogP contribution in [0.4, 0.5) is 0 Å². The van der Waals surface area contributed by atoms with Crippen molar-refractivity contribution in [3.8, 4) is 0 Å². The number of Topliss-reactive ketones (excluding diaryl/α,β-unsaturated/α-hetero) is 1. The van der Waals surface area contributed by atoms with Crippen molar-refractivity contribution in [2.24, 2.45) is 39.9 Å². The molecule has 0 heterocycles. The van der Waals surface area contributed by atoms with E-state index < -0.39 is 23.4 Å². The van der Waals surface area contributed by atoms with Gasteiger partial charge in [-0.15, -0.1) is 0 Å². The molecule has 0 aliphatic heterocycles. The van der Waals surface area contributed by atoms with Crippen LogP contribution in [0.5, 0.6) is 0 Å². The monoisotopic (exact) mass is 330 g/mol. The third kappa shape index (κ3) is 1.32. The van der Waals surface area contributed by atoms with Gasteiger partial charge in [0, 0.05) is 6.42 Å². The molecule has 5 saturated carbocycles. The number of ketones is 1. The van der Waals surface area contributed by atoms with Gasteiger partial charge in [0.25, 0.3) is 0 Å². The molecule has 24 heavy (non-hydrogen) atoms. The first-order valence-corrected chi connectivity index (χ1v) is 9.39. The van der Waals surface area contributed by atoms with Gasteiger partial charge in [0.05, 0.1) is 17.4 Å². The molecule has 4 heteroatoms. The van der Waals surface area contributed by atoms with E-state index in [2.05, 4.69) is 6.58 Å². The van der Waals surface area contributed by atoms with Crippen molar-refractivity contribution < 1.29 is 19.8 Å². The van der Waals surface area contributed by atoms with Gasteiger partial charge in [0.15, 0.2) is 0 Å². The second-order valence-electron chi connectivity index (χ2n) is 9.56. The fraction of sp³-hybridized carbons (Fsp3) is 0.800. The maximum absolute atomic E-state index is 12.9. The lowest BCUT2D eigenvalue weighted by Crippen LogP contribution is -2.51. The molecule has 5 rings (SSSR count). The zero-order valence-corrected chi connectivity index (χ0v) is 14.3. The van der Waals surface area contributed by atoms with Crippen LogP contribution in [0.25, 0.3) is 0 Å². The molecule has 130 valence electrons. The van der Waals surface area contributed by atoms with E-state index >= 15 is 0 Å². The summed E-state index contributed by atoms with van der Waals surface area (Å²) in [7, 11) is 0. The van der Waals surface area contributed by atoms with E-state index in [-0.39, 0.29) is 22.5 Å². The Morgan fingerprint density at radius 2 is 1.96 bits per heavy atom. The first-order chi connectivity index (χ1) is 11.3. The van der Waals surface area contributed by atoms with Gasteiger partial charge >= 0.3 is 5.97 Å². The fourth-order valence-electron chi connectivity index (χ4n) is 8.41. The number of carboxylic acid groups (broad SMARTS) is 1. The number of fused-ring (bicyclic) bond motifs is 1. The summed E-state index contributed by atoms with van der Waals surface area (Å²) in [5.74, 6) is -0.573. The van der Waals surface area contributed by atoms with Crippen LogP contribution < -0.4 is 0 Å². The van der Waals surface area contributed by atoms with Crippen LogP contribution in [0.1, 0.15) is 51.9 Å². The minimum absolute atomic E-state index is 0.109. The third-order valence-corrected chi connectivity index (χ3v) is 9.10. The molecule has 5 aliphatic carbocycles. The molecule has 5 aliphatic rings. The Hall–Kier alpha value is -1.16. The first-order valence-electron chi connectivity index (χ1n) is 9.39. The van der Waals surface area contributed by atoms with E-state index in [9.17, 15) is 19.8 Å². The summed E-state index contributed by atoms with van der Waals surface area (Å²) in [5.41, 5.74) is -0.0503. The maximum Gasteiger partial charge on any atom is 0.307 e. The second kappa shape index (κ2) is 4.14. The Balaban J connectivity index is 1.76. The molecule has 0 aromatic heterocycles. The fourth-order valence-corrected chi connectivity index (χ4v) is 8.41. The van der Waals surface area contributed by atoms with Crippen LogP contribution in [-0.2, 0) is 9.59 Å². The van der Waals surface area contributed by atoms with Gasteiger partial charge in [0.1, 0.15) is 5.78 Å². The predicted octanol–water partition coefficient (Wildman–Crippen LogP) is 2.80. The highest BCUT2D eigenvalue weighted by atomic mass is 16.4. The van der Waals surface area contributed by atoms with E-state index in [0.29, 0.717) is 24.7 Å². The lowest BCUT2D eigenvalue weighted by Gasteiger charge is -2.47. The van der Waals surface area contributed by atoms with Gasteiger partial charge in [-0.3, -0.25) is 9.59 Å². The van der Waals surface area contributed by atoms with Gasteiger partial charge in [-0.25, -0.2) is 0 Å². The van der Waals surface area contributed by atoms with Crippen LogP contribution in [0.2, 0.25) is 0 Å². The zero-order valence-electron chi connectivity index (χ0n) is 14.3. The Morgan fingerprint density at radius 3 is 2.67 bits per heavy atom. The predicted molar refractivity (Wildman–Crippen MR) is 87.0 cm³/mol. The summed E-state index contributed by atoms with van der Waals surface area (Å²) in [6, 6.07) is 0. The van der Waals surface area contributed by atoms with Crippen molar-refractivity contribution in [3.63, 3.8) is 0 Å². The normalized spacial score (nSPS) is 57.8. The maximum atomic E-state index is 12.9. The van der Waals surface area contributed by atoms with E-state index in [4.69, 9.17) is 0 Å². The highest BCUT2D eigenvalue weighted by molar-refractivity contribution is 5.91. The molecule has 0 amide bonds. The highest BCUT2D eigenvalue weighted by Gasteiger charge is 2.80. The number of hydrogen-bond donors (Lipinski definition) is 2. The molecule has 0 saturated heterocycles. The van der Waals surface area contributed by atoms with E-state index in [1.54, 1.807) is 0 Å². The molecule has 2 N–H and O–H groups in total. The number of aliphatic hydroxyl groups is 1. The first kappa shape index (κ1) is 15.1. The number of rotatable bonds is 1. The summed E-state index contributed by atoms with van der Waals surface area (Å²) in [4.78, 5) is 25.4. The van der Waals surface area contributed by atoms with Gasteiger partial charge in [0.2, 0.25) is 0 Å². The Morgan fingerprint density at radius 1 is 1.21 bits per heavy atom. The Kier molecular flexibility index (Phi) is 2.61. The standard InChI is InChI=1S/C20H26O4/c1-10-7-20-8-11(10)3-4-12(20)19-6-5-13(21)18(2,14(22)9-19)16(19)15(20)17(23)24/h11-13,15-16,21H,1,3-9H2,2H3,(H,23,24)/t11-,12-,13-,15+,16+,18+,19+,20-/m0/s1. The lowest BCUT2D eigenvalue weighted by atomic mass is 9.57. The van der Waals surface area contributed by atoms with Crippen molar-refractivity contribution in [1.29, 1.82) is 0 Å². The number of hydrogen-bond acceptors (Lipinski definition) is 3. The number of carboxylic acids is 1. The summed E-state index contributed by atoms with van der Waals surface area (Å²) in [6.45, 7) is 6.12. The Bertz CT molecular complexity index is 683. The number of carbonyl (C=O) groups is 2. The molecule has 0 radical (unpaired) electrons. The number of aliphatic carboxylic acids is 1. The van der Waals surface area contributed by atoms with E-state index in [0.717, 1.165) is 32.1 Å². The van der Waals surface area contributed by atoms with Crippen molar-refractivity contribution in [2.75, 3.05) is 0 Å². The molecule has 0 aromatic rings. The largest absolute Gasteiger partial charge is 0.481 e. The van der Waals surface area contributed by atoms with Crippen LogP contribution in [-0.4, -0.2) is 28.1 Å². The quantitative estimate of drug-likeness (QED) is 0.725. The molecule has 4 nitrogen and oxygen atoms in total. The number of carbonyl (C=O) groups excluding carboxylic acids is 1. The minimum Gasteiger partial charge on any atom is -0.481 e. The molecule has 5 fully saturated rings. The van der Waals surface area contributed by atoms with Gasteiger partial charge in [-0.1, -0.05) is 12.2 Å². The van der Waals surface area contributed by atoms with Crippen molar-refractivity contribution in [2.45, 2.75) is 58.0 Å². The number of aliphatic hydroxyl groups excluding tert-OH is 1. The van der Waals surface area contributed by atoms with E-state index in [1.807, 2.05) is 6.92 Å². The average molecular weight is 330 g/mol. The SMILES string of the molecule is C=C1C[C@]23C[C@@H]1CC[C@H]2[C@@]12CC[C@H](O)[C@](C)(C(=O)C1)[C@H]2[C@@H]3C(=O)O. The number of allylic oxidation sites excluding steroid dienone is 1. The second-order valence-corrected chi connectivity index (χ2v) is 9.56. The van der Waals surface area contributed by atoms with E-state index in [1.165, 1.54) is 5.57 Å². The zero-order chi connectivity index (χ0) is 17.1. The summed E-state index contributed by atoms with van der Waals surface area (Å²) in [5, 5.41) is 20.9. The van der Waals surface area contributed by atoms with Crippen LogP contribution in [0, 0.1) is 39.9 Å². The van der Waals surface area contributed by atoms with Gasteiger partial charge in [-0.05, 0) is 74.0 Å². The van der Waals surface area contributed by atoms with Crippen LogP contribution in [0.3, 0.4) is 0 Å². The highest BCUT2D eigenvalue weighted by Crippen LogP contribution is 2.81. The third-order valence-electron chi connectivity index (χ3n) is 9.10. The van der Waals surface area contributed by atoms with Crippen LogP contribution in [0.15, 0.2) is 12.2 Å². The molecule has 8 atom stereocenters. The molecule has 0 unspecified atom stereocenters. The molecule has 1 spiro atoms. The van der Waals surface area contributed by atoms with Crippen LogP contribution >= 0.6 is 0 Å². The van der Waals surface area contributed by atoms with Crippen molar-refractivity contribution in [1.82, 2.24) is 0 Å². The molecule has 4 bridgehead atoms. The summed E-state index contributed by atoms with van der Waals surface area (Å²) in [6.07, 6.45) is 5.13. The Labute approximate surface area is 142 Å². The molecule has 0 aromatic carbocycles. The van der Waals surface area contributed by atoms with Gasteiger partial charge in [-0.2, -0.15) is 0 Å². The summed E-state index contributed by atoms with van der Waals surface area (Å²) < 4.78 is 0. The van der Waals surface area contributed by atoms with Gasteiger partial charge < -0.3 is 10.2 Å². The van der Waals surface area contributed by atoms with Crippen molar-refractivity contribution >= 4 is 11.8 Å². The molecular weight excluding hydrogens is 304 g/mol. The topological polar surface area (TPSA) is 74.6 Å². The minimum atomic E-state index is -0.868. The average Bonchev–Trinajstić information content (AvgIpc) is 2.98. The smallest absolute Gasteiger partial charge is 0.307 e. The summed E-state index contributed by atoms with van der Waals surface area (Å²) >= 11 is 0. The van der Waals surface area contributed by atoms with Crippen molar-refractivity contribution in [3.05, 3.63) is 12.2 Å². The molecular formula is C20H26O4. The lowest BCUT2D eigenvalue weighted by molar-refractivity contribution is -0.156.